The van der Waals surface area contributed by atoms with Gasteiger partial charge in [0.2, 0.25) is 0 Å². The number of nitriles is 1. The van der Waals surface area contributed by atoms with Crippen LogP contribution in [-0.2, 0) is 13.0 Å². The molecule has 0 amide bonds. The Hall–Kier alpha value is -2.54. The number of nitrogens with two attached hydrogens (primary N) is 1. The van der Waals surface area contributed by atoms with Gasteiger partial charge in [0.05, 0.1) is 11.6 Å². The second-order valence-corrected chi connectivity index (χ2v) is 5.33. The number of anilines is 2. The van der Waals surface area contributed by atoms with Gasteiger partial charge in [-0.25, -0.2) is 4.39 Å². The standard InChI is InChI=1S/C17H16FN3/c18-16-8-12(10-19)3-4-14(16)11-21-7-1-2-13-5-6-15(20)9-17(13)21/h3-6,8-9H,1-2,7,11,20H2. The summed E-state index contributed by atoms with van der Waals surface area (Å²) in [4.78, 5) is 2.15. The van der Waals surface area contributed by atoms with Crippen molar-refractivity contribution in [2.24, 2.45) is 0 Å². The van der Waals surface area contributed by atoms with Gasteiger partial charge in [-0.15, -0.1) is 0 Å². The predicted octanol–water partition coefficient (Wildman–Crippen LogP) is 3.23. The normalized spacial score (nSPS) is 13.6. The Labute approximate surface area is 123 Å². The Morgan fingerprint density at radius 2 is 2.10 bits per heavy atom. The molecule has 1 aliphatic rings. The Morgan fingerprint density at radius 1 is 1.24 bits per heavy atom. The van der Waals surface area contributed by atoms with E-state index in [0.29, 0.717) is 17.7 Å². The van der Waals surface area contributed by atoms with Crippen molar-refractivity contribution in [2.45, 2.75) is 19.4 Å². The van der Waals surface area contributed by atoms with Crippen molar-refractivity contribution in [2.75, 3.05) is 17.2 Å². The molecule has 0 radical (unpaired) electrons. The highest BCUT2D eigenvalue weighted by Gasteiger charge is 2.18. The van der Waals surface area contributed by atoms with Crippen LogP contribution >= 0.6 is 0 Å². The van der Waals surface area contributed by atoms with Gasteiger partial charge in [0.25, 0.3) is 0 Å². The smallest absolute Gasteiger partial charge is 0.129 e. The Morgan fingerprint density at radius 3 is 2.86 bits per heavy atom. The molecule has 0 unspecified atom stereocenters. The minimum Gasteiger partial charge on any atom is -0.399 e. The number of hydrogen-bond donors (Lipinski definition) is 1. The number of halogens is 1. The molecular weight excluding hydrogens is 265 g/mol. The number of hydrogen-bond acceptors (Lipinski definition) is 3. The van der Waals surface area contributed by atoms with Gasteiger partial charge in [0.15, 0.2) is 0 Å². The number of fused-ring (bicyclic) bond motifs is 1. The average molecular weight is 281 g/mol. The molecule has 0 saturated carbocycles. The molecule has 21 heavy (non-hydrogen) atoms. The molecule has 2 N–H and O–H groups in total. The highest BCUT2D eigenvalue weighted by molar-refractivity contribution is 5.62. The largest absolute Gasteiger partial charge is 0.399 e. The van der Waals surface area contributed by atoms with Crippen LogP contribution in [0.3, 0.4) is 0 Å². The molecular formula is C17H16FN3. The van der Waals surface area contributed by atoms with Gasteiger partial charge in [-0.05, 0) is 42.7 Å². The van der Waals surface area contributed by atoms with Crippen LogP contribution in [0.4, 0.5) is 15.8 Å². The molecule has 1 heterocycles. The van der Waals surface area contributed by atoms with E-state index in [4.69, 9.17) is 11.0 Å². The third-order valence-electron chi connectivity index (χ3n) is 3.87. The molecule has 0 bridgehead atoms. The summed E-state index contributed by atoms with van der Waals surface area (Å²) in [6, 6.07) is 12.5. The number of aryl methyl sites for hydroxylation is 1. The van der Waals surface area contributed by atoms with Gasteiger partial charge in [0, 0.05) is 30.0 Å². The minimum atomic E-state index is -0.329. The molecule has 0 atom stereocenters. The average Bonchev–Trinajstić information content (AvgIpc) is 2.49. The second kappa shape index (κ2) is 5.45. The van der Waals surface area contributed by atoms with Crippen molar-refractivity contribution in [3.05, 3.63) is 58.9 Å². The van der Waals surface area contributed by atoms with E-state index in [1.165, 1.54) is 11.6 Å². The summed E-state index contributed by atoms with van der Waals surface area (Å²) in [6.07, 6.45) is 2.08. The lowest BCUT2D eigenvalue weighted by atomic mass is 10.00. The van der Waals surface area contributed by atoms with E-state index in [2.05, 4.69) is 4.90 Å². The maximum Gasteiger partial charge on any atom is 0.129 e. The van der Waals surface area contributed by atoms with Crippen LogP contribution in [0, 0.1) is 17.1 Å². The summed E-state index contributed by atoms with van der Waals surface area (Å²) < 4.78 is 14.0. The van der Waals surface area contributed by atoms with Crippen LogP contribution < -0.4 is 10.6 Å². The van der Waals surface area contributed by atoms with Crippen molar-refractivity contribution < 1.29 is 4.39 Å². The van der Waals surface area contributed by atoms with E-state index in [1.807, 2.05) is 24.3 Å². The summed E-state index contributed by atoms with van der Waals surface area (Å²) in [5.74, 6) is -0.329. The van der Waals surface area contributed by atoms with Gasteiger partial charge in [-0.1, -0.05) is 12.1 Å². The lowest BCUT2D eigenvalue weighted by molar-refractivity contribution is 0.597. The third kappa shape index (κ3) is 2.68. The van der Waals surface area contributed by atoms with E-state index < -0.39 is 0 Å². The second-order valence-electron chi connectivity index (χ2n) is 5.33. The fourth-order valence-corrected chi connectivity index (χ4v) is 2.78. The number of benzene rings is 2. The van der Waals surface area contributed by atoms with Crippen molar-refractivity contribution in [1.29, 1.82) is 5.26 Å². The van der Waals surface area contributed by atoms with Crippen LogP contribution in [0.1, 0.15) is 23.1 Å². The Bertz CT molecular complexity index is 718. The zero-order valence-corrected chi connectivity index (χ0v) is 11.6. The zero-order chi connectivity index (χ0) is 14.8. The maximum absolute atomic E-state index is 14.0. The van der Waals surface area contributed by atoms with E-state index in [1.54, 1.807) is 12.1 Å². The lowest BCUT2D eigenvalue weighted by Crippen LogP contribution is -2.29. The monoisotopic (exact) mass is 281 g/mol. The first kappa shape index (κ1) is 13.4. The molecule has 0 aliphatic carbocycles. The molecule has 0 aromatic heterocycles. The lowest BCUT2D eigenvalue weighted by Gasteiger charge is -2.31. The van der Waals surface area contributed by atoms with E-state index in [9.17, 15) is 4.39 Å². The van der Waals surface area contributed by atoms with Gasteiger partial charge in [0.1, 0.15) is 5.82 Å². The van der Waals surface area contributed by atoms with E-state index in [0.717, 1.165) is 30.8 Å². The highest BCUT2D eigenvalue weighted by Crippen LogP contribution is 2.30. The third-order valence-corrected chi connectivity index (χ3v) is 3.87. The minimum absolute atomic E-state index is 0.329. The first-order chi connectivity index (χ1) is 10.2. The Balaban J connectivity index is 1.90. The molecule has 0 spiro atoms. The van der Waals surface area contributed by atoms with Crippen molar-refractivity contribution in [3.8, 4) is 6.07 Å². The molecule has 106 valence electrons. The van der Waals surface area contributed by atoms with E-state index >= 15 is 0 Å². The van der Waals surface area contributed by atoms with Crippen LogP contribution in [0.15, 0.2) is 36.4 Å². The summed E-state index contributed by atoms with van der Waals surface area (Å²) in [5, 5.41) is 8.79. The molecule has 0 saturated heterocycles. The number of nitrogen functional groups attached to an aromatic ring is 1. The first-order valence-corrected chi connectivity index (χ1v) is 6.99. The van der Waals surface area contributed by atoms with Crippen LogP contribution in [0.2, 0.25) is 0 Å². The Kier molecular flexibility index (Phi) is 3.49. The fourth-order valence-electron chi connectivity index (χ4n) is 2.78. The van der Waals surface area contributed by atoms with Gasteiger partial charge < -0.3 is 10.6 Å². The summed E-state index contributed by atoms with van der Waals surface area (Å²) in [6.45, 7) is 1.38. The number of nitrogens with zero attached hydrogens (tertiary/aromatic N) is 2. The quantitative estimate of drug-likeness (QED) is 0.860. The van der Waals surface area contributed by atoms with Gasteiger partial charge in [-0.3, -0.25) is 0 Å². The summed E-state index contributed by atoms with van der Waals surface area (Å²) >= 11 is 0. The maximum atomic E-state index is 14.0. The molecule has 2 aromatic carbocycles. The topological polar surface area (TPSA) is 53.0 Å². The summed E-state index contributed by atoms with van der Waals surface area (Å²) in [5.41, 5.74) is 9.88. The van der Waals surface area contributed by atoms with Gasteiger partial charge in [-0.2, -0.15) is 5.26 Å². The van der Waals surface area contributed by atoms with Crippen molar-refractivity contribution >= 4 is 11.4 Å². The van der Waals surface area contributed by atoms with E-state index in [-0.39, 0.29) is 5.82 Å². The molecule has 1 aliphatic heterocycles. The van der Waals surface area contributed by atoms with Crippen LogP contribution in [0.5, 0.6) is 0 Å². The molecule has 4 heteroatoms. The van der Waals surface area contributed by atoms with Crippen molar-refractivity contribution in [3.63, 3.8) is 0 Å². The molecule has 3 rings (SSSR count). The molecule has 0 fully saturated rings. The summed E-state index contributed by atoms with van der Waals surface area (Å²) in [7, 11) is 0. The SMILES string of the molecule is N#Cc1ccc(CN2CCCc3ccc(N)cc32)c(F)c1. The fraction of sp³-hybridized carbons (Fsp3) is 0.235. The van der Waals surface area contributed by atoms with Crippen molar-refractivity contribution in [1.82, 2.24) is 0 Å². The van der Waals surface area contributed by atoms with Crippen LogP contribution in [-0.4, -0.2) is 6.54 Å². The predicted molar refractivity (Wildman–Crippen MR) is 81.3 cm³/mol. The zero-order valence-electron chi connectivity index (χ0n) is 11.6. The van der Waals surface area contributed by atoms with Gasteiger partial charge >= 0.3 is 0 Å². The molecule has 2 aromatic rings. The first-order valence-electron chi connectivity index (χ1n) is 6.99. The number of rotatable bonds is 2. The molecule has 3 nitrogen and oxygen atoms in total. The highest BCUT2D eigenvalue weighted by atomic mass is 19.1. The van der Waals surface area contributed by atoms with Crippen LogP contribution in [0.25, 0.3) is 0 Å².